The van der Waals surface area contributed by atoms with Crippen LogP contribution in [0, 0.1) is 5.82 Å². The predicted octanol–water partition coefficient (Wildman–Crippen LogP) is 2.53. The summed E-state index contributed by atoms with van der Waals surface area (Å²) < 4.78 is 48.3. The number of nitrogens with zero attached hydrogens (tertiary/aromatic N) is 5. The van der Waals surface area contributed by atoms with Crippen molar-refractivity contribution in [2.75, 3.05) is 18.6 Å². The molecule has 12 heteroatoms. The minimum atomic E-state index is -3.54. The molecule has 2 N–H and O–H groups in total. The zero-order chi connectivity index (χ0) is 23.6. The van der Waals surface area contributed by atoms with Crippen molar-refractivity contribution < 1.29 is 21.7 Å². The van der Waals surface area contributed by atoms with Gasteiger partial charge in [-0.15, -0.1) is 0 Å². The van der Waals surface area contributed by atoms with Gasteiger partial charge in [0.05, 0.1) is 32.2 Å². The molecule has 4 aromatic rings. The minimum absolute atomic E-state index is 0.0607. The van der Waals surface area contributed by atoms with Crippen LogP contribution < -0.4 is 10.5 Å². The smallest absolute Gasteiger partial charge is 0.320 e. The Bertz CT molecular complexity index is 1410. The van der Waals surface area contributed by atoms with Crippen LogP contribution in [0.15, 0.2) is 42.7 Å². The van der Waals surface area contributed by atoms with Gasteiger partial charge in [-0.1, -0.05) is 24.3 Å². The lowest BCUT2D eigenvalue weighted by Crippen LogP contribution is -2.06. The van der Waals surface area contributed by atoms with Gasteiger partial charge in [-0.2, -0.15) is 18.4 Å². The molecule has 33 heavy (non-hydrogen) atoms. The van der Waals surface area contributed by atoms with E-state index in [0.717, 1.165) is 18.0 Å². The van der Waals surface area contributed by atoms with Crippen molar-refractivity contribution in [2.24, 2.45) is 0 Å². The minimum Gasteiger partial charge on any atom is -0.464 e. The molecule has 0 unspecified atom stereocenters. The van der Waals surface area contributed by atoms with Crippen LogP contribution in [0.3, 0.4) is 0 Å². The standard InChI is InChI=1S/C21H21FN6O4S/c1-3-31-21-26-18(23)17-20(27-21)28(19(25-17)15-8-16(22)10-24-9-15)11-13-4-6-14(7-5-13)12-32-33(2,29)30/h4-10H,3,11-12H2,1-2H3,(H2,23,26,27). The average Bonchev–Trinajstić information content (AvgIpc) is 3.12. The van der Waals surface area contributed by atoms with Gasteiger partial charge in [-0.05, 0) is 24.1 Å². The zero-order valence-electron chi connectivity index (χ0n) is 17.9. The van der Waals surface area contributed by atoms with Crippen molar-refractivity contribution in [3.05, 3.63) is 59.7 Å². The Hall–Kier alpha value is -3.64. The molecule has 0 atom stereocenters. The van der Waals surface area contributed by atoms with E-state index in [4.69, 9.17) is 14.7 Å². The molecule has 1 aromatic carbocycles. The fraction of sp³-hybridized carbons (Fsp3) is 0.238. The normalized spacial score (nSPS) is 11.7. The van der Waals surface area contributed by atoms with Crippen LogP contribution in [0.2, 0.25) is 0 Å². The predicted molar refractivity (Wildman–Crippen MR) is 119 cm³/mol. The molecule has 0 radical (unpaired) electrons. The maximum absolute atomic E-state index is 13.9. The van der Waals surface area contributed by atoms with E-state index in [2.05, 4.69) is 19.9 Å². The van der Waals surface area contributed by atoms with Crippen LogP contribution in [-0.2, 0) is 27.5 Å². The van der Waals surface area contributed by atoms with Gasteiger partial charge in [0.1, 0.15) is 11.6 Å². The second-order valence-corrected chi connectivity index (χ2v) is 8.84. The van der Waals surface area contributed by atoms with Gasteiger partial charge in [0, 0.05) is 11.8 Å². The average molecular weight is 473 g/mol. The highest BCUT2D eigenvalue weighted by atomic mass is 32.2. The molecule has 3 heterocycles. The fourth-order valence-electron chi connectivity index (χ4n) is 3.20. The zero-order valence-corrected chi connectivity index (χ0v) is 18.7. The summed E-state index contributed by atoms with van der Waals surface area (Å²) in [5, 5.41) is 0. The highest BCUT2D eigenvalue weighted by Gasteiger charge is 2.19. The fourth-order valence-corrected chi connectivity index (χ4v) is 3.55. The molecular formula is C21H21FN6O4S. The van der Waals surface area contributed by atoms with Gasteiger partial charge < -0.3 is 15.0 Å². The van der Waals surface area contributed by atoms with E-state index in [-0.39, 0.29) is 18.4 Å². The Balaban J connectivity index is 1.76. The first-order chi connectivity index (χ1) is 15.7. The van der Waals surface area contributed by atoms with E-state index in [0.29, 0.717) is 41.3 Å². The Morgan fingerprint density at radius 1 is 1.09 bits per heavy atom. The summed E-state index contributed by atoms with van der Waals surface area (Å²) >= 11 is 0. The van der Waals surface area contributed by atoms with Crippen molar-refractivity contribution in [1.29, 1.82) is 0 Å². The number of rotatable bonds is 8. The van der Waals surface area contributed by atoms with Crippen molar-refractivity contribution in [3.63, 3.8) is 0 Å². The van der Waals surface area contributed by atoms with E-state index in [1.807, 2.05) is 12.1 Å². The maximum Gasteiger partial charge on any atom is 0.320 e. The SMILES string of the molecule is CCOc1nc(N)c2nc(-c3cncc(F)c3)n(Cc3ccc(COS(C)(=O)=O)cc3)c2n1. The number of aromatic nitrogens is 5. The summed E-state index contributed by atoms with van der Waals surface area (Å²) in [4.78, 5) is 17.1. The molecule has 3 aromatic heterocycles. The molecular weight excluding hydrogens is 451 g/mol. The summed E-state index contributed by atoms with van der Waals surface area (Å²) in [6.45, 7) is 2.42. The Labute approximate surface area is 189 Å². The van der Waals surface area contributed by atoms with E-state index >= 15 is 0 Å². The molecule has 0 amide bonds. The maximum atomic E-state index is 13.9. The van der Waals surface area contributed by atoms with Gasteiger partial charge in [0.15, 0.2) is 17.0 Å². The van der Waals surface area contributed by atoms with Crippen LogP contribution in [0.25, 0.3) is 22.6 Å². The first-order valence-corrected chi connectivity index (χ1v) is 11.7. The molecule has 0 spiro atoms. The number of hydrogen-bond acceptors (Lipinski definition) is 9. The van der Waals surface area contributed by atoms with Crippen molar-refractivity contribution in [1.82, 2.24) is 24.5 Å². The lowest BCUT2D eigenvalue weighted by molar-refractivity contribution is 0.311. The van der Waals surface area contributed by atoms with Crippen LogP contribution >= 0.6 is 0 Å². The molecule has 0 saturated carbocycles. The van der Waals surface area contributed by atoms with E-state index in [9.17, 15) is 12.8 Å². The number of benzene rings is 1. The molecule has 0 fully saturated rings. The largest absolute Gasteiger partial charge is 0.464 e. The molecule has 0 saturated heterocycles. The second kappa shape index (κ2) is 9.08. The number of ether oxygens (including phenoxy) is 1. The lowest BCUT2D eigenvalue weighted by Gasteiger charge is -2.10. The van der Waals surface area contributed by atoms with Crippen molar-refractivity contribution in [3.8, 4) is 17.4 Å². The molecule has 0 aliphatic carbocycles. The molecule has 172 valence electrons. The molecule has 0 bridgehead atoms. The number of nitrogen functional groups attached to an aromatic ring is 1. The first kappa shape index (κ1) is 22.6. The van der Waals surface area contributed by atoms with Gasteiger partial charge in [-0.3, -0.25) is 9.17 Å². The van der Waals surface area contributed by atoms with Gasteiger partial charge in [0.25, 0.3) is 10.1 Å². The summed E-state index contributed by atoms with van der Waals surface area (Å²) in [6.07, 6.45) is 3.60. The third-order valence-corrected chi connectivity index (χ3v) is 5.19. The van der Waals surface area contributed by atoms with Crippen LogP contribution in [0.4, 0.5) is 10.2 Å². The third kappa shape index (κ3) is 5.23. The van der Waals surface area contributed by atoms with Gasteiger partial charge in [-0.25, -0.2) is 9.37 Å². The van der Waals surface area contributed by atoms with Crippen molar-refractivity contribution in [2.45, 2.75) is 20.1 Å². The quantitative estimate of drug-likeness (QED) is 0.384. The summed E-state index contributed by atoms with van der Waals surface area (Å²) in [6, 6.07) is 8.61. The molecule has 0 aliphatic heterocycles. The summed E-state index contributed by atoms with van der Waals surface area (Å²) in [5.41, 5.74) is 8.88. The highest BCUT2D eigenvalue weighted by molar-refractivity contribution is 7.85. The Kier molecular flexibility index (Phi) is 6.20. The lowest BCUT2D eigenvalue weighted by atomic mass is 10.1. The topological polar surface area (TPSA) is 135 Å². The number of anilines is 1. The number of fused-ring (bicyclic) bond motifs is 1. The van der Waals surface area contributed by atoms with Gasteiger partial charge >= 0.3 is 6.01 Å². The van der Waals surface area contributed by atoms with Gasteiger partial charge in [0.2, 0.25) is 0 Å². The monoisotopic (exact) mass is 472 g/mol. The third-order valence-electron chi connectivity index (χ3n) is 4.64. The molecule has 4 rings (SSSR count). The van der Waals surface area contributed by atoms with E-state index in [1.165, 1.54) is 12.3 Å². The number of hydrogen-bond donors (Lipinski definition) is 1. The van der Waals surface area contributed by atoms with E-state index < -0.39 is 15.9 Å². The first-order valence-electron chi connectivity index (χ1n) is 9.93. The number of imidazole rings is 1. The van der Waals surface area contributed by atoms with Crippen LogP contribution in [0.1, 0.15) is 18.1 Å². The van der Waals surface area contributed by atoms with Crippen LogP contribution in [-0.4, -0.2) is 45.8 Å². The number of halogens is 1. The second-order valence-electron chi connectivity index (χ2n) is 7.19. The summed E-state index contributed by atoms with van der Waals surface area (Å²) in [5.74, 6) is 0.0487. The molecule has 10 nitrogen and oxygen atoms in total. The number of nitrogens with two attached hydrogens (primary N) is 1. The van der Waals surface area contributed by atoms with Crippen molar-refractivity contribution >= 4 is 27.1 Å². The molecule has 0 aliphatic rings. The Morgan fingerprint density at radius 3 is 2.48 bits per heavy atom. The Morgan fingerprint density at radius 2 is 1.82 bits per heavy atom. The highest BCUT2D eigenvalue weighted by Crippen LogP contribution is 2.28. The van der Waals surface area contributed by atoms with Crippen LogP contribution in [0.5, 0.6) is 6.01 Å². The number of pyridine rings is 1. The van der Waals surface area contributed by atoms with E-state index in [1.54, 1.807) is 23.6 Å². The summed E-state index contributed by atoms with van der Waals surface area (Å²) in [7, 11) is -3.54.